The van der Waals surface area contributed by atoms with Crippen molar-refractivity contribution in [1.29, 1.82) is 0 Å². The standard InChI is InChI=1S/C23H25BrN2O7/c1-29-16-10-13-14(11-17(16)30-2)22(27)26(7-6-25)20(23(28)33-5)19(13)12-8-15(24)21(32-4)18(9-12)31-3/h8-11H,6-7,25H2,1-5H3. The number of fused-ring (bicyclic) bond motifs is 1. The van der Waals surface area contributed by atoms with E-state index in [0.717, 1.165) is 0 Å². The van der Waals surface area contributed by atoms with Crippen LogP contribution in [0.4, 0.5) is 0 Å². The summed E-state index contributed by atoms with van der Waals surface area (Å²) in [4.78, 5) is 26.4. The largest absolute Gasteiger partial charge is 0.493 e. The van der Waals surface area contributed by atoms with Gasteiger partial charge in [-0.3, -0.25) is 4.79 Å². The zero-order chi connectivity index (χ0) is 24.3. The number of methoxy groups -OCH3 is 5. The Morgan fingerprint density at radius 1 is 0.909 bits per heavy atom. The number of nitrogens with two attached hydrogens (primary N) is 1. The highest BCUT2D eigenvalue weighted by atomic mass is 79.9. The van der Waals surface area contributed by atoms with Crippen LogP contribution in [0.15, 0.2) is 33.5 Å². The van der Waals surface area contributed by atoms with Gasteiger partial charge in [-0.15, -0.1) is 0 Å². The van der Waals surface area contributed by atoms with Crippen LogP contribution < -0.4 is 30.2 Å². The molecule has 2 aromatic carbocycles. The van der Waals surface area contributed by atoms with Crippen LogP contribution in [0.3, 0.4) is 0 Å². The van der Waals surface area contributed by atoms with Gasteiger partial charge in [0.05, 0.1) is 45.4 Å². The molecule has 0 saturated heterocycles. The molecule has 0 aliphatic carbocycles. The topological polar surface area (TPSA) is 111 Å². The number of aromatic nitrogens is 1. The number of carbonyl (C=O) groups excluding carboxylic acids is 1. The van der Waals surface area contributed by atoms with Gasteiger partial charge < -0.3 is 34.0 Å². The average Bonchev–Trinajstić information content (AvgIpc) is 2.83. The third-order valence-electron chi connectivity index (χ3n) is 5.23. The second-order valence-corrected chi connectivity index (χ2v) is 7.76. The maximum absolute atomic E-state index is 13.5. The number of nitrogens with zero attached hydrogens (tertiary/aromatic N) is 1. The van der Waals surface area contributed by atoms with Gasteiger partial charge in [-0.25, -0.2) is 4.79 Å². The van der Waals surface area contributed by atoms with E-state index in [4.69, 9.17) is 29.4 Å². The number of pyridine rings is 1. The first-order chi connectivity index (χ1) is 15.9. The number of benzene rings is 2. The molecule has 10 heteroatoms. The summed E-state index contributed by atoms with van der Waals surface area (Å²) in [6, 6.07) is 6.74. The first kappa shape index (κ1) is 24.4. The van der Waals surface area contributed by atoms with Crippen molar-refractivity contribution < 1.29 is 28.5 Å². The molecule has 0 amide bonds. The molecule has 176 valence electrons. The SMILES string of the molecule is COC(=O)c1c(-c2cc(Br)c(OC)c(OC)c2)c2cc(OC)c(OC)cc2c(=O)n1CCN. The molecule has 3 aromatic rings. The Hall–Kier alpha value is -3.24. The molecule has 9 nitrogen and oxygen atoms in total. The fraction of sp³-hybridized carbons (Fsp3) is 0.304. The van der Waals surface area contributed by atoms with Gasteiger partial charge in [0, 0.05) is 24.0 Å². The van der Waals surface area contributed by atoms with Crippen LogP contribution in [0.25, 0.3) is 21.9 Å². The zero-order valence-corrected chi connectivity index (χ0v) is 20.6. The van der Waals surface area contributed by atoms with Crippen molar-refractivity contribution in [3.63, 3.8) is 0 Å². The van der Waals surface area contributed by atoms with Gasteiger partial charge in [-0.05, 0) is 45.8 Å². The summed E-state index contributed by atoms with van der Waals surface area (Å²) < 4.78 is 28.8. The van der Waals surface area contributed by atoms with Crippen molar-refractivity contribution in [2.75, 3.05) is 42.1 Å². The Bertz CT molecular complexity index is 1270. The van der Waals surface area contributed by atoms with Crippen molar-refractivity contribution in [2.24, 2.45) is 5.73 Å². The zero-order valence-electron chi connectivity index (χ0n) is 19.0. The number of rotatable bonds is 8. The Balaban J connectivity index is 2.61. The van der Waals surface area contributed by atoms with Crippen molar-refractivity contribution in [1.82, 2.24) is 4.57 Å². The lowest BCUT2D eigenvalue weighted by Gasteiger charge is -2.20. The number of hydrogen-bond acceptors (Lipinski definition) is 8. The molecule has 0 aliphatic heterocycles. The molecule has 0 aliphatic rings. The Morgan fingerprint density at radius 2 is 1.52 bits per heavy atom. The van der Waals surface area contributed by atoms with Gasteiger partial charge in [-0.2, -0.15) is 0 Å². The maximum Gasteiger partial charge on any atom is 0.355 e. The van der Waals surface area contributed by atoms with Crippen LogP contribution in [-0.4, -0.2) is 52.6 Å². The van der Waals surface area contributed by atoms with E-state index in [9.17, 15) is 9.59 Å². The molecule has 33 heavy (non-hydrogen) atoms. The summed E-state index contributed by atoms with van der Waals surface area (Å²) >= 11 is 3.50. The third kappa shape index (κ3) is 4.23. The number of esters is 1. The maximum atomic E-state index is 13.5. The van der Waals surface area contributed by atoms with Crippen molar-refractivity contribution in [3.8, 4) is 34.1 Å². The first-order valence-corrected chi connectivity index (χ1v) is 10.7. The van der Waals surface area contributed by atoms with Crippen LogP contribution in [0, 0.1) is 0 Å². The average molecular weight is 521 g/mol. The van der Waals surface area contributed by atoms with E-state index < -0.39 is 11.5 Å². The van der Waals surface area contributed by atoms with Crippen LogP contribution >= 0.6 is 15.9 Å². The second-order valence-electron chi connectivity index (χ2n) is 6.91. The highest BCUT2D eigenvalue weighted by molar-refractivity contribution is 9.10. The predicted octanol–water partition coefficient (Wildman–Crippen LogP) is 3.21. The van der Waals surface area contributed by atoms with E-state index in [2.05, 4.69) is 15.9 Å². The van der Waals surface area contributed by atoms with Gasteiger partial charge in [0.15, 0.2) is 23.0 Å². The molecule has 1 heterocycles. The fourth-order valence-corrected chi connectivity index (χ4v) is 4.38. The molecule has 0 spiro atoms. The van der Waals surface area contributed by atoms with E-state index in [1.165, 1.54) is 40.1 Å². The monoisotopic (exact) mass is 520 g/mol. The minimum Gasteiger partial charge on any atom is -0.493 e. The van der Waals surface area contributed by atoms with E-state index in [1.807, 2.05) is 0 Å². The number of carbonyl (C=O) groups is 1. The summed E-state index contributed by atoms with van der Waals surface area (Å²) in [7, 11) is 7.27. The lowest BCUT2D eigenvalue weighted by atomic mass is 9.95. The molecule has 0 unspecified atom stereocenters. The van der Waals surface area contributed by atoms with E-state index in [-0.39, 0.29) is 18.8 Å². The van der Waals surface area contributed by atoms with Crippen molar-refractivity contribution in [3.05, 3.63) is 44.8 Å². The highest BCUT2D eigenvalue weighted by Gasteiger charge is 2.26. The normalized spacial score (nSPS) is 10.8. The highest BCUT2D eigenvalue weighted by Crippen LogP contribution is 2.43. The van der Waals surface area contributed by atoms with Crippen molar-refractivity contribution >= 4 is 32.7 Å². The fourth-order valence-electron chi connectivity index (χ4n) is 3.78. The van der Waals surface area contributed by atoms with Crippen LogP contribution in [0.2, 0.25) is 0 Å². The Morgan fingerprint density at radius 3 is 2.03 bits per heavy atom. The van der Waals surface area contributed by atoms with Crippen LogP contribution in [0.5, 0.6) is 23.0 Å². The van der Waals surface area contributed by atoms with Gasteiger partial charge in [0.25, 0.3) is 5.56 Å². The first-order valence-electron chi connectivity index (χ1n) is 9.89. The van der Waals surface area contributed by atoms with Crippen molar-refractivity contribution in [2.45, 2.75) is 6.54 Å². The minimum absolute atomic E-state index is 0.0618. The number of halogens is 1. The summed E-state index contributed by atoms with van der Waals surface area (Å²) in [5.74, 6) is 1.02. The smallest absolute Gasteiger partial charge is 0.355 e. The lowest BCUT2D eigenvalue weighted by molar-refractivity contribution is 0.0588. The molecule has 1 aromatic heterocycles. The molecule has 0 fully saturated rings. The summed E-state index contributed by atoms with van der Waals surface area (Å²) in [6.45, 7) is 0.243. The van der Waals surface area contributed by atoms with Gasteiger partial charge in [0.1, 0.15) is 5.69 Å². The minimum atomic E-state index is -0.682. The third-order valence-corrected chi connectivity index (χ3v) is 5.82. The molecular formula is C23H25BrN2O7. The molecule has 0 bridgehead atoms. The summed E-state index contributed by atoms with van der Waals surface area (Å²) in [5.41, 5.74) is 6.48. The van der Waals surface area contributed by atoms with E-state index in [0.29, 0.717) is 49.4 Å². The van der Waals surface area contributed by atoms with E-state index >= 15 is 0 Å². The lowest BCUT2D eigenvalue weighted by Crippen LogP contribution is -2.30. The number of ether oxygens (including phenoxy) is 5. The Labute approximate surface area is 199 Å². The molecule has 2 N–H and O–H groups in total. The molecule has 0 saturated carbocycles. The molecular weight excluding hydrogens is 496 g/mol. The molecule has 0 atom stereocenters. The summed E-state index contributed by atoms with van der Waals surface area (Å²) in [6.07, 6.45) is 0. The summed E-state index contributed by atoms with van der Waals surface area (Å²) in [5, 5.41) is 0.806. The van der Waals surface area contributed by atoms with Crippen LogP contribution in [-0.2, 0) is 11.3 Å². The predicted molar refractivity (Wildman–Crippen MR) is 128 cm³/mol. The molecule has 0 radical (unpaired) electrons. The van der Waals surface area contributed by atoms with Gasteiger partial charge in [0.2, 0.25) is 0 Å². The van der Waals surface area contributed by atoms with E-state index in [1.54, 1.807) is 24.3 Å². The second kappa shape index (κ2) is 10.1. The van der Waals surface area contributed by atoms with Gasteiger partial charge in [-0.1, -0.05) is 0 Å². The van der Waals surface area contributed by atoms with Gasteiger partial charge >= 0.3 is 5.97 Å². The quantitative estimate of drug-likeness (QED) is 0.450. The Kier molecular flexibility index (Phi) is 7.50. The van der Waals surface area contributed by atoms with Crippen LogP contribution in [0.1, 0.15) is 10.5 Å². The number of hydrogen-bond donors (Lipinski definition) is 1. The molecule has 3 rings (SSSR count).